The normalized spacial score (nSPS) is 15.5. The minimum atomic E-state index is -2.00. The summed E-state index contributed by atoms with van der Waals surface area (Å²) in [6.07, 6.45) is -2.57. The van der Waals surface area contributed by atoms with Crippen molar-refractivity contribution in [2.24, 2.45) is 45.9 Å². The average molecular weight is 1620 g/mol. The first-order valence-corrected chi connectivity index (χ1v) is 37.3. The second-order valence-corrected chi connectivity index (χ2v) is 27.4. The number of nitrogens with two attached hydrogens (primary N) is 8. The SMILES string of the molecule is C[C@@H](O)[C@H](NC(=O)[C@H](CCCNC(=N)N)NC(=O)[C@H](CCCNC(N)=O)NC(=O)[C@H](CC(N)=O)NC(=O)[C@H](CO)NC(=O)[C@H](CCCCN)NC(=O)[C@H](Cc1ccccc1)NC(=O)[C@@H](N)CCCNC(=N)N)C(=O)N1CCC[C@H]1C(=O)N[C@@H](CC(N)=O)C(=O)N[C@@H](CCCNC(=N)N)C(=O)N[C@@H](Cc1c[nH]c2ccccc12)C(=O)O. The highest BCUT2D eigenvalue weighted by Gasteiger charge is 2.43. The minimum absolute atomic E-state index is 0.00801. The third-order valence-corrected chi connectivity index (χ3v) is 18.2. The highest BCUT2D eigenvalue weighted by molar-refractivity contribution is 6.01. The van der Waals surface area contributed by atoms with E-state index in [1.807, 2.05) is 0 Å². The zero-order chi connectivity index (χ0) is 85.4. The molecule has 4 rings (SSSR count). The number of aromatic amines is 1. The maximum atomic E-state index is 14.7. The second-order valence-electron chi connectivity index (χ2n) is 27.4. The van der Waals surface area contributed by atoms with E-state index in [2.05, 4.69) is 79.4 Å². The fraction of sp³-hybridized carbons (Fsp3) is 0.543. The van der Waals surface area contributed by atoms with Crippen LogP contribution in [0.15, 0.2) is 60.8 Å². The number of nitrogens with zero attached hydrogens (tertiary/aromatic N) is 1. The molecule has 1 aromatic heterocycles. The lowest BCUT2D eigenvalue weighted by Crippen LogP contribution is -2.62. The summed E-state index contributed by atoms with van der Waals surface area (Å²) in [6.45, 7) is -0.182. The molecule has 0 saturated carbocycles. The summed E-state index contributed by atoms with van der Waals surface area (Å²) < 4.78 is 0. The summed E-state index contributed by atoms with van der Waals surface area (Å²) in [7, 11) is 0. The molecule has 37 N–H and O–H groups in total. The Hall–Kier alpha value is -12.5. The zero-order valence-corrected chi connectivity index (χ0v) is 63.8. The van der Waals surface area contributed by atoms with Crippen molar-refractivity contribution in [3.8, 4) is 0 Å². The van der Waals surface area contributed by atoms with Gasteiger partial charge in [-0.2, -0.15) is 0 Å². The number of carboxylic acids is 1. The number of primary amides is 3. The van der Waals surface area contributed by atoms with Gasteiger partial charge in [-0.05, 0) is 114 Å². The smallest absolute Gasteiger partial charge is 0.326 e. The number of benzene rings is 2. The predicted octanol–water partition coefficient (Wildman–Crippen LogP) is -9.30. The Balaban J connectivity index is 1.58. The third kappa shape index (κ3) is 33.8. The largest absolute Gasteiger partial charge is 0.480 e. The maximum absolute atomic E-state index is 14.7. The quantitative estimate of drug-likeness (QED) is 0.0142. The first-order valence-electron chi connectivity index (χ1n) is 37.3. The molecule has 634 valence electrons. The Labute approximate surface area is 661 Å². The molecule has 0 aliphatic carbocycles. The molecule has 2 heterocycles. The van der Waals surface area contributed by atoms with Crippen LogP contribution >= 0.6 is 0 Å². The van der Waals surface area contributed by atoms with Crippen LogP contribution in [0.2, 0.25) is 0 Å². The van der Waals surface area contributed by atoms with Crippen LogP contribution in [0.1, 0.15) is 114 Å². The summed E-state index contributed by atoms with van der Waals surface area (Å²) in [5.74, 6) is -16.8. The summed E-state index contributed by atoms with van der Waals surface area (Å²) >= 11 is 0. The number of hydrogen-bond donors (Lipinski definition) is 29. The van der Waals surface area contributed by atoms with Crippen LogP contribution in [0.25, 0.3) is 10.9 Å². The van der Waals surface area contributed by atoms with Crippen molar-refractivity contribution in [2.75, 3.05) is 45.9 Å². The van der Waals surface area contributed by atoms with Gasteiger partial charge in [-0.25, -0.2) is 9.59 Å². The molecule has 3 aromatic rings. The van der Waals surface area contributed by atoms with Gasteiger partial charge in [0.05, 0.1) is 31.6 Å². The van der Waals surface area contributed by atoms with E-state index in [1.165, 1.54) is 0 Å². The number of urea groups is 1. The minimum Gasteiger partial charge on any atom is -0.480 e. The van der Waals surface area contributed by atoms with Gasteiger partial charge in [-0.3, -0.25) is 78.6 Å². The van der Waals surface area contributed by atoms with Crippen molar-refractivity contribution < 1.29 is 87.2 Å². The van der Waals surface area contributed by atoms with Crippen molar-refractivity contribution in [3.05, 3.63) is 71.9 Å². The van der Waals surface area contributed by atoms with Gasteiger partial charge in [0.2, 0.25) is 76.8 Å². The monoisotopic (exact) mass is 1620 g/mol. The highest BCUT2D eigenvalue weighted by atomic mass is 16.4. The maximum Gasteiger partial charge on any atom is 0.326 e. The Morgan fingerprint density at radius 2 is 0.913 bits per heavy atom. The second kappa shape index (κ2) is 49.1. The molecular weight excluding hydrogens is 1510 g/mol. The zero-order valence-electron chi connectivity index (χ0n) is 63.8. The van der Waals surface area contributed by atoms with Crippen LogP contribution in [0.3, 0.4) is 0 Å². The van der Waals surface area contributed by atoms with E-state index in [9.17, 15) is 87.2 Å². The number of carboxylic acid groups (broad SMARTS) is 1. The van der Waals surface area contributed by atoms with Crippen molar-refractivity contribution in [1.82, 2.24) is 84.3 Å². The number of likely N-dealkylation sites (tertiary alicyclic amines) is 1. The molecule has 45 heteroatoms. The Morgan fingerprint density at radius 3 is 1.39 bits per heavy atom. The first-order chi connectivity index (χ1) is 54.5. The van der Waals surface area contributed by atoms with Crippen LogP contribution in [0.5, 0.6) is 0 Å². The Kier molecular flexibility index (Phi) is 40.5. The molecular formula is C70H111N27O18. The van der Waals surface area contributed by atoms with Crippen molar-refractivity contribution in [1.29, 1.82) is 16.2 Å². The number of aliphatic hydroxyl groups excluding tert-OH is 2. The van der Waals surface area contributed by atoms with Gasteiger partial charge < -0.3 is 146 Å². The fourth-order valence-corrected chi connectivity index (χ4v) is 12.2. The third-order valence-electron chi connectivity index (χ3n) is 18.2. The van der Waals surface area contributed by atoms with Gasteiger partial charge in [-0.1, -0.05) is 48.5 Å². The van der Waals surface area contributed by atoms with Gasteiger partial charge in [0.1, 0.15) is 66.5 Å². The van der Waals surface area contributed by atoms with Gasteiger partial charge in [-0.15, -0.1) is 0 Å². The summed E-state index contributed by atoms with van der Waals surface area (Å²) in [5.41, 5.74) is 46.4. The number of aliphatic hydroxyl groups is 2. The molecule has 0 radical (unpaired) electrons. The molecule has 0 spiro atoms. The van der Waals surface area contributed by atoms with Gasteiger partial charge >= 0.3 is 12.0 Å². The molecule has 15 amide bonds. The number of para-hydroxylation sites is 1. The highest BCUT2D eigenvalue weighted by Crippen LogP contribution is 2.22. The van der Waals surface area contributed by atoms with E-state index in [4.69, 9.17) is 62.1 Å². The number of unbranched alkanes of at least 4 members (excludes halogenated alkanes) is 1. The fourth-order valence-electron chi connectivity index (χ4n) is 12.2. The van der Waals surface area contributed by atoms with Crippen LogP contribution in [-0.4, -0.2) is 256 Å². The van der Waals surface area contributed by atoms with E-state index < -0.39 is 205 Å². The first kappa shape index (κ1) is 94.9. The Bertz CT molecular complexity index is 3870. The van der Waals surface area contributed by atoms with Crippen LogP contribution in [0.4, 0.5) is 4.79 Å². The molecule has 0 bridgehead atoms. The number of aliphatic carboxylic acids is 1. The standard InChI is InChI=1S/C70H111N27O18/c1-36(99)54(65(112)97-29-13-23-51(97)64(111)93-48(33-53(74)101)62(109)90-44(20-10-26-83-68(77)78)57(104)94-49(66(113)114)31-38-34-86-41-18-6-5-16-39(38)41)96-59(106)45(21-11-27-84-69(79)80)87-56(103)43(22-12-28-85-70(81)115)89-61(108)47(32-52(73)100)92-63(110)50(35-98)95-58(105)42(19-7-8-24-71)88-60(107)46(30-37-14-3-2-4-15-37)91-55(102)40(72)17-9-25-82-67(75)76/h2-6,14-16,18,34,36,40,42-51,54,86,98-99H,7-13,17,19-33,35,71-72H2,1H3,(H2,73,100)(H2,74,101)(H,87,103)(H,88,107)(H,89,108)(H,90,109)(H,91,102)(H,92,110)(H,93,111)(H,94,104)(H,95,105)(H,96,106)(H,113,114)(H4,75,76,82)(H4,77,78,83)(H4,79,80,84)(H3,81,85,115)/t36-,40+,42+,43+,44+,45+,46+,47+,48+,49+,50+,51+,54+/m1/s1. The average Bonchev–Trinajstić information content (AvgIpc) is 1.73. The lowest BCUT2D eigenvalue weighted by Gasteiger charge is -2.32. The molecule has 1 aliphatic heterocycles. The Morgan fingerprint density at radius 1 is 0.496 bits per heavy atom. The van der Waals surface area contributed by atoms with Gasteiger partial charge in [0.25, 0.3) is 0 Å². The van der Waals surface area contributed by atoms with Crippen molar-refractivity contribution >= 4 is 118 Å². The van der Waals surface area contributed by atoms with Crippen molar-refractivity contribution in [2.45, 2.75) is 195 Å². The number of amides is 15. The van der Waals surface area contributed by atoms with Crippen molar-refractivity contribution in [3.63, 3.8) is 0 Å². The van der Waals surface area contributed by atoms with Gasteiger partial charge in [0.15, 0.2) is 17.9 Å². The number of rotatable bonds is 52. The molecule has 0 unspecified atom stereocenters. The lowest BCUT2D eigenvalue weighted by atomic mass is 10.0. The van der Waals surface area contributed by atoms with E-state index in [0.29, 0.717) is 34.9 Å². The number of H-pyrrole nitrogens is 1. The number of carbonyl (C=O) groups is 15. The topological polar surface area (TPSA) is 784 Å². The summed E-state index contributed by atoms with van der Waals surface area (Å²) in [4.78, 5) is 210. The number of fused-ring (bicyclic) bond motifs is 1. The predicted molar refractivity (Wildman–Crippen MR) is 415 cm³/mol. The summed E-state index contributed by atoms with van der Waals surface area (Å²) in [5, 5.41) is 89.6. The molecule has 1 saturated heterocycles. The molecule has 115 heavy (non-hydrogen) atoms. The van der Waals surface area contributed by atoms with E-state index in [1.54, 1.807) is 60.8 Å². The number of nitrogens with one attached hydrogen (secondary N) is 18. The molecule has 45 nitrogen and oxygen atoms in total. The van der Waals surface area contributed by atoms with E-state index >= 15 is 0 Å². The molecule has 13 atom stereocenters. The lowest BCUT2D eigenvalue weighted by molar-refractivity contribution is -0.145. The van der Waals surface area contributed by atoms with Crippen LogP contribution in [0, 0.1) is 16.2 Å². The van der Waals surface area contributed by atoms with E-state index in [0.717, 1.165) is 11.8 Å². The van der Waals surface area contributed by atoms with Crippen LogP contribution < -0.4 is 120 Å². The van der Waals surface area contributed by atoms with Gasteiger partial charge in [0, 0.05) is 62.7 Å². The van der Waals surface area contributed by atoms with E-state index in [-0.39, 0.29) is 122 Å². The number of aromatic nitrogens is 1. The summed E-state index contributed by atoms with van der Waals surface area (Å²) in [6, 6.07) is -5.19. The number of hydrogen-bond acceptors (Lipinski definition) is 22. The molecule has 1 fully saturated rings. The number of carbonyl (C=O) groups excluding carboxylic acids is 14. The number of guanidine groups is 3. The molecule has 2 aromatic carbocycles. The van der Waals surface area contributed by atoms with Crippen LogP contribution in [-0.2, 0) is 80.0 Å². The molecule has 1 aliphatic rings.